The van der Waals surface area contributed by atoms with Crippen LogP contribution in [0.1, 0.15) is 49.3 Å². The quantitative estimate of drug-likeness (QED) is 0.373. The number of carbonyl (C=O) groups is 2. The minimum atomic E-state index is 0.0125. The number of hydrogen-bond donors (Lipinski definition) is 0. The Kier molecular flexibility index (Phi) is 9.82. The zero-order chi connectivity index (χ0) is 30.3. The van der Waals surface area contributed by atoms with Gasteiger partial charge in [-0.25, -0.2) is 0 Å². The first-order valence-electron chi connectivity index (χ1n) is 15.0. The Hall–Kier alpha value is -4.11. The fraction of sp³-hybridized carbons (Fsp3) is 0.441. The molecule has 0 N–H and O–H groups in total. The Labute approximate surface area is 254 Å². The molecule has 2 aromatic carbocycles. The van der Waals surface area contributed by atoms with Crippen molar-refractivity contribution in [3.63, 3.8) is 0 Å². The number of hydrogen-bond acceptors (Lipinski definition) is 7. The van der Waals surface area contributed by atoms with Gasteiger partial charge in [0.2, 0.25) is 17.6 Å². The SMILES string of the molecule is COc1ccc(CCC(=O)N2Cc3ccccc3N(C(C)=O)CCC3CCC(C2)N3Cc2cccnc2)c(OC)c1OC. The number of aryl methyl sites for hydroxylation is 1. The van der Waals surface area contributed by atoms with E-state index >= 15 is 0 Å². The molecular formula is C34H42N4O5. The van der Waals surface area contributed by atoms with Gasteiger partial charge in [-0.2, -0.15) is 0 Å². The molecule has 2 unspecified atom stereocenters. The highest BCUT2D eigenvalue weighted by Crippen LogP contribution is 2.40. The van der Waals surface area contributed by atoms with Gasteiger partial charge >= 0.3 is 0 Å². The summed E-state index contributed by atoms with van der Waals surface area (Å²) in [5.74, 6) is 1.75. The van der Waals surface area contributed by atoms with Crippen LogP contribution in [0.15, 0.2) is 60.9 Å². The van der Waals surface area contributed by atoms with E-state index in [9.17, 15) is 9.59 Å². The lowest BCUT2D eigenvalue weighted by molar-refractivity contribution is -0.132. The summed E-state index contributed by atoms with van der Waals surface area (Å²) in [6.45, 7) is 4.08. The summed E-state index contributed by atoms with van der Waals surface area (Å²) in [6, 6.07) is 16.3. The van der Waals surface area contributed by atoms with Gasteiger partial charge in [0.05, 0.1) is 21.3 Å². The van der Waals surface area contributed by atoms with E-state index in [2.05, 4.69) is 16.0 Å². The second-order valence-electron chi connectivity index (χ2n) is 11.3. The van der Waals surface area contributed by atoms with Gasteiger partial charge in [0.15, 0.2) is 11.5 Å². The van der Waals surface area contributed by atoms with Crippen LogP contribution in [0.2, 0.25) is 0 Å². The van der Waals surface area contributed by atoms with Gasteiger partial charge in [0, 0.05) is 69.7 Å². The second-order valence-corrected chi connectivity index (χ2v) is 11.3. The maximum atomic E-state index is 14.1. The summed E-state index contributed by atoms with van der Waals surface area (Å²) in [7, 11) is 4.77. The predicted molar refractivity (Wildman–Crippen MR) is 166 cm³/mol. The molecule has 0 saturated carbocycles. The Balaban J connectivity index is 1.45. The molecule has 1 saturated heterocycles. The fourth-order valence-corrected chi connectivity index (χ4v) is 6.59. The standard InChI is InChI=1S/C34H42N4O5/c1-24(39)37-19-17-28-13-14-29(38(28)21-25-8-7-18-35-20-25)23-36(22-27-9-5-6-10-30(27)37)32(40)16-12-26-11-15-31(41-2)34(43-4)33(26)42-3/h5-11,15,18,20,28-29H,12-14,16-17,19,21-23H2,1-4H3. The summed E-state index contributed by atoms with van der Waals surface area (Å²) in [6.07, 6.45) is 7.42. The summed E-state index contributed by atoms with van der Waals surface area (Å²) in [5, 5.41) is 0. The Bertz CT molecular complexity index is 1420. The van der Waals surface area contributed by atoms with Crippen molar-refractivity contribution in [3.05, 3.63) is 77.6 Å². The number of anilines is 1. The highest BCUT2D eigenvalue weighted by molar-refractivity contribution is 5.92. The first-order chi connectivity index (χ1) is 20.9. The highest BCUT2D eigenvalue weighted by Gasteiger charge is 2.36. The van der Waals surface area contributed by atoms with Gasteiger partial charge < -0.3 is 24.0 Å². The van der Waals surface area contributed by atoms with Crippen LogP contribution in [-0.4, -0.2) is 73.1 Å². The molecule has 1 aromatic heterocycles. The van der Waals surface area contributed by atoms with Gasteiger partial charge in [-0.05, 0) is 60.6 Å². The number of benzene rings is 2. The number of ether oxygens (including phenoxy) is 3. The molecule has 9 nitrogen and oxygen atoms in total. The van der Waals surface area contributed by atoms with Crippen LogP contribution in [0, 0.1) is 0 Å². The van der Waals surface area contributed by atoms with E-state index in [1.54, 1.807) is 34.4 Å². The maximum Gasteiger partial charge on any atom is 0.223 e. The van der Waals surface area contributed by atoms with Crippen LogP contribution < -0.4 is 19.1 Å². The van der Waals surface area contributed by atoms with Crippen molar-refractivity contribution in [1.29, 1.82) is 0 Å². The zero-order valence-electron chi connectivity index (χ0n) is 25.6. The predicted octanol–water partition coefficient (Wildman–Crippen LogP) is 4.86. The van der Waals surface area contributed by atoms with Crippen LogP contribution in [0.3, 0.4) is 0 Å². The molecule has 2 aliphatic heterocycles. The van der Waals surface area contributed by atoms with Gasteiger partial charge in [-0.3, -0.25) is 19.5 Å². The van der Waals surface area contributed by atoms with Gasteiger partial charge in [0.25, 0.3) is 0 Å². The first-order valence-corrected chi connectivity index (χ1v) is 15.0. The molecular weight excluding hydrogens is 544 g/mol. The summed E-state index contributed by atoms with van der Waals surface area (Å²) >= 11 is 0. The summed E-state index contributed by atoms with van der Waals surface area (Å²) in [5.41, 5.74) is 3.89. The molecule has 3 aromatic rings. The number of amides is 2. The molecule has 1 fully saturated rings. The van der Waals surface area contributed by atoms with Crippen LogP contribution in [-0.2, 0) is 29.1 Å². The molecule has 2 bridgehead atoms. The number of fused-ring (bicyclic) bond motifs is 3. The Morgan fingerprint density at radius 1 is 0.907 bits per heavy atom. The minimum Gasteiger partial charge on any atom is -0.493 e. The summed E-state index contributed by atoms with van der Waals surface area (Å²) in [4.78, 5) is 37.7. The maximum absolute atomic E-state index is 14.1. The van der Waals surface area contributed by atoms with Crippen LogP contribution in [0.25, 0.3) is 0 Å². The third-order valence-corrected chi connectivity index (χ3v) is 8.75. The number of para-hydroxylation sites is 1. The second kappa shape index (κ2) is 13.9. The number of rotatable bonds is 8. The lowest BCUT2D eigenvalue weighted by atomic mass is 10.0. The number of pyridine rings is 1. The molecule has 2 aliphatic rings. The number of methoxy groups -OCH3 is 3. The molecule has 2 atom stereocenters. The van der Waals surface area contributed by atoms with E-state index in [4.69, 9.17) is 14.2 Å². The fourth-order valence-electron chi connectivity index (χ4n) is 6.59. The van der Waals surface area contributed by atoms with Gasteiger partial charge in [0.1, 0.15) is 0 Å². The molecule has 0 spiro atoms. The smallest absolute Gasteiger partial charge is 0.223 e. The largest absolute Gasteiger partial charge is 0.493 e. The van der Waals surface area contributed by atoms with Crippen molar-refractivity contribution < 1.29 is 23.8 Å². The summed E-state index contributed by atoms with van der Waals surface area (Å²) < 4.78 is 16.7. The first kappa shape index (κ1) is 30.4. The molecule has 0 aliphatic carbocycles. The zero-order valence-corrected chi connectivity index (χ0v) is 25.6. The van der Waals surface area contributed by atoms with E-state index in [0.29, 0.717) is 55.8 Å². The Morgan fingerprint density at radius 2 is 1.70 bits per heavy atom. The lowest BCUT2D eigenvalue weighted by Gasteiger charge is -2.34. The van der Waals surface area contributed by atoms with Crippen molar-refractivity contribution in [2.24, 2.45) is 0 Å². The van der Waals surface area contributed by atoms with Crippen molar-refractivity contribution >= 4 is 17.5 Å². The van der Waals surface area contributed by atoms with Crippen LogP contribution in [0.5, 0.6) is 17.2 Å². The van der Waals surface area contributed by atoms with Gasteiger partial charge in [-0.15, -0.1) is 0 Å². The molecule has 228 valence electrons. The van der Waals surface area contributed by atoms with Gasteiger partial charge in [-0.1, -0.05) is 30.3 Å². The van der Waals surface area contributed by atoms with E-state index in [1.165, 1.54) is 0 Å². The molecule has 2 amide bonds. The third kappa shape index (κ3) is 6.77. The molecule has 5 rings (SSSR count). The average Bonchev–Trinajstić information content (AvgIpc) is 3.38. The highest BCUT2D eigenvalue weighted by atomic mass is 16.5. The topological polar surface area (TPSA) is 84.4 Å². The number of carbonyl (C=O) groups excluding carboxylic acids is 2. The van der Waals surface area contributed by atoms with Crippen molar-refractivity contribution in [1.82, 2.24) is 14.8 Å². The molecule has 3 heterocycles. The van der Waals surface area contributed by atoms with E-state index in [-0.39, 0.29) is 17.9 Å². The van der Waals surface area contributed by atoms with Crippen molar-refractivity contribution in [2.75, 3.05) is 39.3 Å². The monoisotopic (exact) mass is 586 g/mol. The van der Waals surface area contributed by atoms with Crippen LogP contribution in [0.4, 0.5) is 5.69 Å². The minimum absolute atomic E-state index is 0.0125. The average molecular weight is 587 g/mol. The van der Waals surface area contributed by atoms with Crippen molar-refractivity contribution in [2.45, 2.75) is 64.2 Å². The normalized spacial score (nSPS) is 18.9. The van der Waals surface area contributed by atoms with E-state index < -0.39 is 0 Å². The van der Waals surface area contributed by atoms with E-state index in [1.807, 2.05) is 58.5 Å². The molecule has 0 radical (unpaired) electrons. The number of nitrogens with zero attached hydrogens (tertiary/aromatic N) is 4. The lowest BCUT2D eigenvalue weighted by Crippen LogP contribution is -2.45. The molecule has 43 heavy (non-hydrogen) atoms. The Morgan fingerprint density at radius 3 is 2.42 bits per heavy atom. The van der Waals surface area contributed by atoms with Crippen LogP contribution >= 0.6 is 0 Å². The number of aromatic nitrogens is 1. The van der Waals surface area contributed by atoms with E-state index in [0.717, 1.165) is 48.2 Å². The molecule has 9 heteroatoms. The third-order valence-electron chi connectivity index (χ3n) is 8.75. The van der Waals surface area contributed by atoms with Crippen molar-refractivity contribution in [3.8, 4) is 17.2 Å².